The highest BCUT2D eigenvalue weighted by Crippen LogP contribution is 2.31. The molecule has 1 aliphatic heterocycles. The molecule has 4 nitrogen and oxygen atoms in total. The number of hydrogen-bond acceptors (Lipinski definition) is 3. The number of rotatable bonds is 2. The molecule has 0 atom stereocenters. The van der Waals surface area contributed by atoms with Crippen molar-refractivity contribution < 1.29 is 22.4 Å². The molecule has 0 spiro atoms. The first-order chi connectivity index (χ1) is 11.0. The molecule has 24 heavy (non-hydrogen) atoms. The van der Waals surface area contributed by atoms with E-state index in [2.05, 4.69) is 10.3 Å². The summed E-state index contributed by atoms with van der Waals surface area (Å²) < 4.78 is 51.6. The number of aromatic nitrogens is 1. The van der Waals surface area contributed by atoms with Crippen LogP contribution in [0.25, 0.3) is 0 Å². The van der Waals surface area contributed by atoms with E-state index in [0.717, 1.165) is 0 Å². The molecule has 1 aromatic rings. The van der Waals surface area contributed by atoms with Crippen LogP contribution in [0.2, 0.25) is 0 Å². The highest BCUT2D eigenvalue weighted by atomic mass is 19.4. The molecule has 0 radical (unpaired) electrons. The lowest BCUT2D eigenvalue weighted by Gasteiger charge is -2.34. The molecule has 0 bridgehead atoms. The minimum Gasteiger partial charge on any atom is -0.354 e. The molecule has 0 aromatic carbocycles. The van der Waals surface area contributed by atoms with E-state index in [1.54, 1.807) is 4.90 Å². The largest absolute Gasteiger partial charge is 0.417 e. The molecule has 0 unspecified atom stereocenters. The zero-order valence-corrected chi connectivity index (χ0v) is 13.9. The van der Waals surface area contributed by atoms with Crippen molar-refractivity contribution in [2.75, 3.05) is 18.0 Å². The summed E-state index contributed by atoms with van der Waals surface area (Å²) >= 11 is 0. The van der Waals surface area contributed by atoms with Crippen molar-refractivity contribution in [3.8, 4) is 0 Å². The van der Waals surface area contributed by atoms with E-state index >= 15 is 0 Å². The molecule has 1 saturated heterocycles. The number of pyridine rings is 1. The normalized spacial score (nSPS) is 17.0. The van der Waals surface area contributed by atoms with Crippen molar-refractivity contribution in [3.05, 3.63) is 23.6 Å². The Kier molecular flexibility index (Phi) is 5.05. The molecular formula is C16H21F4N3O. The van der Waals surface area contributed by atoms with Crippen molar-refractivity contribution in [3.63, 3.8) is 0 Å². The topological polar surface area (TPSA) is 45.2 Å². The highest BCUT2D eigenvalue weighted by Gasteiger charge is 2.33. The van der Waals surface area contributed by atoms with Crippen LogP contribution in [0.1, 0.15) is 39.2 Å². The van der Waals surface area contributed by atoms with Gasteiger partial charge < -0.3 is 10.2 Å². The van der Waals surface area contributed by atoms with Crippen LogP contribution in [0.5, 0.6) is 0 Å². The molecule has 1 aliphatic rings. The second-order valence-electron chi connectivity index (χ2n) is 7.01. The lowest BCUT2D eigenvalue weighted by molar-refractivity contribution is -0.138. The van der Waals surface area contributed by atoms with E-state index in [-0.39, 0.29) is 17.8 Å². The second-order valence-corrected chi connectivity index (χ2v) is 7.01. The summed E-state index contributed by atoms with van der Waals surface area (Å²) in [6, 6.07) is 0.445. The third kappa shape index (κ3) is 4.36. The molecule has 1 fully saturated rings. The van der Waals surface area contributed by atoms with Gasteiger partial charge in [0.1, 0.15) is 0 Å². The predicted molar refractivity (Wildman–Crippen MR) is 82.0 cm³/mol. The number of carbonyl (C=O) groups is 1. The Bertz CT molecular complexity index is 602. The van der Waals surface area contributed by atoms with Crippen molar-refractivity contribution in [2.45, 2.75) is 45.8 Å². The van der Waals surface area contributed by atoms with Gasteiger partial charge in [-0.2, -0.15) is 13.2 Å². The molecule has 8 heteroatoms. The fourth-order valence-corrected chi connectivity index (χ4v) is 2.46. The summed E-state index contributed by atoms with van der Waals surface area (Å²) in [6.45, 7) is 6.30. The van der Waals surface area contributed by atoms with Gasteiger partial charge in [0, 0.05) is 30.7 Å². The van der Waals surface area contributed by atoms with Gasteiger partial charge >= 0.3 is 6.18 Å². The lowest BCUT2D eigenvalue weighted by Crippen LogP contribution is -2.48. The van der Waals surface area contributed by atoms with E-state index in [1.165, 1.54) is 0 Å². The first-order valence-corrected chi connectivity index (χ1v) is 7.77. The molecule has 1 N–H and O–H groups in total. The minimum atomic E-state index is -4.61. The van der Waals surface area contributed by atoms with Crippen LogP contribution in [0.4, 0.5) is 23.4 Å². The predicted octanol–water partition coefficient (Wildman–Crippen LogP) is 3.37. The summed E-state index contributed by atoms with van der Waals surface area (Å²) in [6.07, 6.45) is -2.80. The minimum absolute atomic E-state index is 0.0227. The smallest absolute Gasteiger partial charge is 0.354 e. The Morgan fingerprint density at radius 2 is 1.83 bits per heavy atom. The number of halogens is 4. The molecular weight excluding hydrogens is 326 g/mol. The van der Waals surface area contributed by atoms with Gasteiger partial charge in [-0.05, 0) is 18.9 Å². The number of alkyl halides is 3. The molecule has 0 aliphatic carbocycles. The molecule has 2 heterocycles. The van der Waals surface area contributed by atoms with Gasteiger partial charge in [0.2, 0.25) is 5.91 Å². The summed E-state index contributed by atoms with van der Waals surface area (Å²) in [5.74, 6) is -1.12. The Labute approximate surface area is 138 Å². The Balaban J connectivity index is 1.99. The number of nitrogens with zero attached hydrogens (tertiary/aromatic N) is 2. The lowest BCUT2D eigenvalue weighted by atomic mass is 9.94. The molecule has 134 valence electrons. The SMILES string of the molecule is CC(C)(C)C(=O)NC1CCN(c2ncc(C(F)(F)F)cc2F)CC1. The monoisotopic (exact) mass is 347 g/mol. The first-order valence-electron chi connectivity index (χ1n) is 7.77. The van der Waals surface area contributed by atoms with E-state index in [4.69, 9.17) is 0 Å². The maximum absolute atomic E-state index is 14.0. The number of nitrogens with one attached hydrogen (secondary N) is 1. The van der Waals surface area contributed by atoms with Gasteiger partial charge in [-0.1, -0.05) is 20.8 Å². The maximum atomic E-state index is 14.0. The van der Waals surface area contributed by atoms with E-state index < -0.39 is 23.0 Å². The van der Waals surface area contributed by atoms with Gasteiger partial charge in [-0.3, -0.25) is 4.79 Å². The molecule has 2 rings (SSSR count). The van der Waals surface area contributed by atoms with Crippen LogP contribution >= 0.6 is 0 Å². The fourth-order valence-electron chi connectivity index (χ4n) is 2.46. The van der Waals surface area contributed by atoms with Gasteiger partial charge in [0.15, 0.2) is 11.6 Å². The Morgan fingerprint density at radius 1 is 1.25 bits per heavy atom. The standard InChI is InChI=1S/C16H21F4N3O/c1-15(2,3)14(24)22-11-4-6-23(7-5-11)13-12(17)8-10(9-21-13)16(18,19)20/h8-9,11H,4-7H2,1-3H3,(H,22,24). The average molecular weight is 347 g/mol. The molecule has 1 aromatic heterocycles. The van der Waals surface area contributed by atoms with Crippen LogP contribution < -0.4 is 10.2 Å². The fraction of sp³-hybridized carbons (Fsp3) is 0.625. The van der Waals surface area contributed by atoms with Crippen molar-refractivity contribution in [1.82, 2.24) is 10.3 Å². The van der Waals surface area contributed by atoms with Crippen molar-refractivity contribution in [2.24, 2.45) is 5.41 Å². The third-order valence-electron chi connectivity index (χ3n) is 3.96. The van der Waals surface area contributed by atoms with Crippen LogP contribution in [0.15, 0.2) is 12.3 Å². The van der Waals surface area contributed by atoms with E-state index in [1.807, 2.05) is 20.8 Å². The summed E-state index contributed by atoms with van der Waals surface area (Å²) in [4.78, 5) is 17.2. The van der Waals surface area contributed by atoms with Crippen molar-refractivity contribution >= 4 is 11.7 Å². The zero-order valence-electron chi connectivity index (χ0n) is 13.9. The number of carbonyl (C=O) groups excluding carboxylic acids is 1. The number of amides is 1. The third-order valence-corrected chi connectivity index (χ3v) is 3.96. The average Bonchev–Trinajstić information content (AvgIpc) is 2.46. The highest BCUT2D eigenvalue weighted by molar-refractivity contribution is 5.81. The summed E-state index contributed by atoms with van der Waals surface area (Å²) in [7, 11) is 0. The number of piperidine rings is 1. The second kappa shape index (κ2) is 6.57. The number of anilines is 1. The first kappa shape index (κ1) is 18.5. The quantitative estimate of drug-likeness (QED) is 0.835. The van der Waals surface area contributed by atoms with Crippen molar-refractivity contribution in [1.29, 1.82) is 0 Å². The van der Waals surface area contributed by atoms with Gasteiger partial charge in [-0.25, -0.2) is 9.37 Å². The Morgan fingerprint density at radius 3 is 2.29 bits per heavy atom. The van der Waals surface area contributed by atoms with Crippen LogP contribution in [0, 0.1) is 11.2 Å². The zero-order chi connectivity index (χ0) is 18.1. The van der Waals surface area contributed by atoms with E-state index in [0.29, 0.717) is 38.2 Å². The Hall–Kier alpha value is -1.86. The van der Waals surface area contributed by atoms with Crippen LogP contribution in [0.3, 0.4) is 0 Å². The molecule has 1 amide bonds. The maximum Gasteiger partial charge on any atom is 0.417 e. The van der Waals surface area contributed by atoms with E-state index in [9.17, 15) is 22.4 Å². The summed E-state index contributed by atoms with van der Waals surface area (Å²) in [5, 5.41) is 2.95. The number of hydrogen-bond donors (Lipinski definition) is 1. The summed E-state index contributed by atoms with van der Waals surface area (Å²) in [5.41, 5.74) is -1.59. The van der Waals surface area contributed by atoms with Gasteiger partial charge in [0.25, 0.3) is 0 Å². The van der Waals surface area contributed by atoms with Gasteiger partial charge in [0.05, 0.1) is 5.56 Å². The van der Waals surface area contributed by atoms with Crippen LogP contribution in [-0.2, 0) is 11.0 Å². The van der Waals surface area contributed by atoms with Gasteiger partial charge in [-0.15, -0.1) is 0 Å². The molecule has 0 saturated carbocycles. The van der Waals surface area contributed by atoms with Crippen LogP contribution in [-0.4, -0.2) is 30.0 Å².